The third-order valence-electron chi connectivity index (χ3n) is 5.31. The summed E-state index contributed by atoms with van der Waals surface area (Å²) >= 11 is 1.18. The molecule has 0 saturated carbocycles. The molecule has 9 nitrogen and oxygen atoms in total. The zero-order valence-electron chi connectivity index (χ0n) is 20.7. The average molecular weight is 503 g/mol. The fraction of sp³-hybridized carbons (Fsp3) is 0.400. The van der Waals surface area contributed by atoms with Crippen LogP contribution in [-0.4, -0.2) is 55.8 Å². The quantitative estimate of drug-likeness (QED) is 0.217. The Morgan fingerprint density at radius 2 is 1.69 bits per heavy atom. The highest BCUT2D eigenvalue weighted by Gasteiger charge is 2.27. The second-order valence-electron chi connectivity index (χ2n) is 7.42. The van der Waals surface area contributed by atoms with Crippen LogP contribution < -0.4 is 24.5 Å². The van der Waals surface area contributed by atoms with Crippen LogP contribution in [0.25, 0.3) is 16.6 Å². The number of thioether (sulfide) groups is 1. The lowest BCUT2D eigenvalue weighted by Gasteiger charge is -2.20. The van der Waals surface area contributed by atoms with E-state index in [2.05, 4.69) is 0 Å². The summed E-state index contributed by atoms with van der Waals surface area (Å²) in [6, 6.07) is 8.61. The molecule has 0 aliphatic rings. The molecule has 1 atom stereocenters. The van der Waals surface area contributed by atoms with Crippen LogP contribution in [0, 0.1) is 0 Å². The smallest absolute Gasteiger partial charge is 0.319 e. The number of methoxy groups -OCH3 is 4. The molecule has 0 N–H and O–H groups in total. The second kappa shape index (κ2) is 11.8. The van der Waals surface area contributed by atoms with E-state index < -0.39 is 5.25 Å². The van der Waals surface area contributed by atoms with Gasteiger partial charge in [-0.05, 0) is 43.7 Å². The van der Waals surface area contributed by atoms with Crippen molar-refractivity contribution in [2.45, 2.75) is 37.1 Å². The summed E-state index contributed by atoms with van der Waals surface area (Å²) in [6.07, 6.45) is 1.31. The van der Waals surface area contributed by atoms with E-state index in [4.69, 9.17) is 28.7 Å². The van der Waals surface area contributed by atoms with Crippen LogP contribution in [0.4, 0.5) is 0 Å². The van der Waals surface area contributed by atoms with Gasteiger partial charge >= 0.3 is 5.97 Å². The molecule has 0 aliphatic heterocycles. The van der Waals surface area contributed by atoms with Gasteiger partial charge in [-0.2, -0.15) is 0 Å². The summed E-state index contributed by atoms with van der Waals surface area (Å²) in [4.78, 5) is 31.4. The Bertz CT molecular complexity index is 1240. The zero-order chi connectivity index (χ0) is 25.5. The Labute approximate surface area is 208 Å². The minimum Gasteiger partial charge on any atom is -0.497 e. The van der Waals surface area contributed by atoms with Gasteiger partial charge in [-0.25, -0.2) is 4.98 Å². The number of hydrogen-bond donors (Lipinski definition) is 0. The summed E-state index contributed by atoms with van der Waals surface area (Å²) in [5, 5.41) is 0.0625. The van der Waals surface area contributed by atoms with E-state index in [1.54, 1.807) is 44.4 Å². The van der Waals surface area contributed by atoms with E-state index in [1.165, 1.54) is 37.7 Å². The fourth-order valence-corrected chi connectivity index (χ4v) is 4.87. The maximum Gasteiger partial charge on any atom is 0.319 e. The van der Waals surface area contributed by atoms with Crippen molar-refractivity contribution in [3.05, 3.63) is 40.7 Å². The van der Waals surface area contributed by atoms with E-state index in [0.29, 0.717) is 40.0 Å². The van der Waals surface area contributed by atoms with E-state index in [0.717, 1.165) is 6.42 Å². The first kappa shape index (κ1) is 26.2. The monoisotopic (exact) mass is 502 g/mol. The standard InChI is InChI=1S/C25H30N2O7S/c1-7-9-19(24(29)34-8-2)35-25-26-20-17(14-18(31-4)21(32-5)22(20)33-6)23(28)27(25)15-10-12-16(30-3)13-11-15/h10-14,19H,7-9H2,1-6H3/t19-/m1/s1. The van der Waals surface area contributed by atoms with E-state index in [1.807, 2.05) is 6.92 Å². The van der Waals surface area contributed by atoms with Crippen molar-refractivity contribution in [1.82, 2.24) is 9.55 Å². The topological polar surface area (TPSA) is 98.1 Å². The molecule has 0 unspecified atom stereocenters. The number of ether oxygens (including phenoxy) is 5. The van der Waals surface area contributed by atoms with Gasteiger partial charge in [0.2, 0.25) is 5.75 Å². The molecule has 10 heteroatoms. The van der Waals surface area contributed by atoms with E-state index in [9.17, 15) is 9.59 Å². The van der Waals surface area contributed by atoms with Crippen molar-refractivity contribution in [2.24, 2.45) is 0 Å². The fourth-order valence-electron chi connectivity index (χ4n) is 3.66. The van der Waals surface area contributed by atoms with Crippen molar-refractivity contribution >= 4 is 28.6 Å². The summed E-state index contributed by atoms with van der Waals surface area (Å²) in [6.45, 7) is 4.01. The lowest BCUT2D eigenvalue weighted by molar-refractivity contribution is -0.142. The van der Waals surface area contributed by atoms with Gasteiger partial charge in [0.25, 0.3) is 5.56 Å². The predicted octanol–water partition coefficient (Wildman–Crippen LogP) is 4.24. The molecule has 0 spiro atoms. The third kappa shape index (κ3) is 5.32. The van der Waals surface area contributed by atoms with Gasteiger partial charge in [-0.1, -0.05) is 25.1 Å². The molecule has 0 fully saturated rings. The van der Waals surface area contributed by atoms with Crippen LogP contribution in [0.2, 0.25) is 0 Å². The molecule has 3 aromatic rings. The van der Waals surface area contributed by atoms with Crippen LogP contribution in [-0.2, 0) is 9.53 Å². The van der Waals surface area contributed by atoms with E-state index in [-0.39, 0.29) is 29.3 Å². The second-order valence-corrected chi connectivity index (χ2v) is 8.59. The molecule has 35 heavy (non-hydrogen) atoms. The molecule has 2 aromatic carbocycles. The lowest BCUT2D eigenvalue weighted by atomic mass is 10.2. The number of fused-ring (bicyclic) bond motifs is 1. The van der Waals surface area contributed by atoms with Crippen molar-refractivity contribution < 1.29 is 28.5 Å². The molecule has 188 valence electrons. The molecular formula is C25H30N2O7S. The molecule has 1 aromatic heterocycles. The van der Waals surface area contributed by atoms with Crippen LogP contribution >= 0.6 is 11.8 Å². The molecule has 0 saturated heterocycles. The largest absolute Gasteiger partial charge is 0.497 e. The van der Waals surface area contributed by atoms with Gasteiger partial charge in [-0.15, -0.1) is 0 Å². The number of rotatable bonds is 11. The number of carbonyl (C=O) groups is 1. The number of benzene rings is 2. The highest BCUT2D eigenvalue weighted by atomic mass is 32.2. The number of esters is 1. The summed E-state index contributed by atoms with van der Waals surface area (Å²) < 4.78 is 28.5. The Kier molecular flexibility index (Phi) is 8.86. The Balaban J connectivity index is 2.34. The van der Waals surface area contributed by atoms with Crippen LogP contribution in [0.3, 0.4) is 0 Å². The first-order valence-corrected chi connectivity index (χ1v) is 12.0. The maximum atomic E-state index is 13.9. The van der Waals surface area contributed by atoms with Crippen LogP contribution in [0.1, 0.15) is 26.7 Å². The summed E-state index contributed by atoms with van der Waals surface area (Å²) in [5.41, 5.74) is 0.531. The van der Waals surface area contributed by atoms with Gasteiger partial charge in [0.05, 0.1) is 46.1 Å². The zero-order valence-corrected chi connectivity index (χ0v) is 21.6. The number of hydrogen-bond acceptors (Lipinski definition) is 9. The molecule has 3 rings (SSSR count). The highest BCUT2D eigenvalue weighted by Crippen LogP contribution is 2.42. The molecule has 0 amide bonds. The van der Waals surface area contributed by atoms with Crippen molar-refractivity contribution in [3.8, 4) is 28.7 Å². The molecule has 1 heterocycles. The number of aromatic nitrogens is 2. The lowest BCUT2D eigenvalue weighted by Crippen LogP contribution is -2.26. The van der Waals surface area contributed by atoms with Gasteiger partial charge in [0.15, 0.2) is 16.7 Å². The Hall–Kier alpha value is -3.40. The molecular weight excluding hydrogens is 472 g/mol. The van der Waals surface area contributed by atoms with Crippen LogP contribution in [0.5, 0.6) is 23.0 Å². The molecule has 0 aliphatic carbocycles. The predicted molar refractivity (Wildman–Crippen MR) is 135 cm³/mol. The normalized spacial score (nSPS) is 11.7. The highest BCUT2D eigenvalue weighted by molar-refractivity contribution is 8.00. The first-order chi connectivity index (χ1) is 16.9. The van der Waals surface area contributed by atoms with Crippen molar-refractivity contribution in [2.75, 3.05) is 35.0 Å². The molecule has 0 radical (unpaired) electrons. The first-order valence-electron chi connectivity index (χ1n) is 11.2. The van der Waals surface area contributed by atoms with Gasteiger partial charge in [-0.3, -0.25) is 14.2 Å². The Morgan fingerprint density at radius 3 is 2.23 bits per heavy atom. The average Bonchev–Trinajstić information content (AvgIpc) is 2.87. The number of nitrogens with zero attached hydrogens (tertiary/aromatic N) is 2. The third-order valence-corrected chi connectivity index (χ3v) is 6.51. The summed E-state index contributed by atoms with van der Waals surface area (Å²) in [7, 11) is 6.01. The van der Waals surface area contributed by atoms with Crippen molar-refractivity contribution in [1.29, 1.82) is 0 Å². The van der Waals surface area contributed by atoms with Gasteiger partial charge in [0.1, 0.15) is 16.5 Å². The van der Waals surface area contributed by atoms with Gasteiger partial charge in [0, 0.05) is 0 Å². The van der Waals surface area contributed by atoms with Crippen molar-refractivity contribution in [3.63, 3.8) is 0 Å². The molecule has 0 bridgehead atoms. The van der Waals surface area contributed by atoms with Gasteiger partial charge < -0.3 is 23.7 Å². The minimum absolute atomic E-state index is 0.265. The maximum absolute atomic E-state index is 13.9. The Morgan fingerprint density at radius 1 is 1.00 bits per heavy atom. The SMILES string of the molecule is CCC[C@@H](Sc1nc2c(OC)c(OC)c(OC)cc2c(=O)n1-c1ccc(OC)cc1)C(=O)OCC. The van der Waals surface area contributed by atoms with E-state index >= 15 is 0 Å². The van der Waals surface area contributed by atoms with Crippen LogP contribution in [0.15, 0.2) is 40.3 Å². The minimum atomic E-state index is -0.542. The number of carbonyl (C=O) groups excluding carboxylic acids is 1. The summed E-state index contributed by atoms with van der Waals surface area (Å²) in [5.74, 6) is 1.23.